The van der Waals surface area contributed by atoms with E-state index in [4.69, 9.17) is 13.9 Å². The molecule has 8 nitrogen and oxygen atoms in total. The number of nitrogens with one attached hydrogen (secondary N) is 1. The Kier molecular flexibility index (Phi) is 5.22. The van der Waals surface area contributed by atoms with Gasteiger partial charge in [0, 0.05) is 12.6 Å². The summed E-state index contributed by atoms with van der Waals surface area (Å²) >= 11 is 0. The van der Waals surface area contributed by atoms with Gasteiger partial charge in [0.05, 0.1) is 50.9 Å². The van der Waals surface area contributed by atoms with Crippen molar-refractivity contribution in [3.63, 3.8) is 0 Å². The predicted octanol–water partition coefficient (Wildman–Crippen LogP) is 2.85. The van der Waals surface area contributed by atoms with Gasteiger partial charge in [0.2, 0.25) is 0 Å². The Balaban J connectivity index is 1.75. The fraction of sp³-hybridized carbons (Fsp3) is 0.273. The molecule has 2 aromatic rings. The number of nitrogens with zero attached hydrogens (tertiary/aromatic N) is 2. The standard InChI is InChI=1S/C22H23N3O5/c1-4-7-25-18-13-24(12-15-6-5-8-30-15)21(26)19(18)20(23-22(25)27)14-9-16(28-2)11-17(10-14)29-3/h4-6,8-11,20H,1,7,12-13H2,2-3H3,(H,23,27). The van der Waals surface area contributed by atoms with E-state index < -0.39 is 6.04 Å². The van der Waals surface area contributed by atoms with Crippen LogP contribution in [0, 0.1) is 0 Å². The lowest BCUT2D eigenvalue weighted by molar-refractivity contribution is -0.126. The first-order chi connectivity index (χ1) is 14.5. The molecule has 156 valence electrons. The topological polar surface area (TPSA) is 84.2 Å². The van der Waals surface area contributed by atoms with E-state index in [0.29, 0.717) is 53.7 Å². The normalized spacial score (nSPS) is 18.4. The van der Waals surface area contributed by atoms with Crippen molar-refractivity contribution in [2.75, 3.05) is 27.3 Å². The van der Waals surface area contributed by atoms with E-state index in [-0.39, 0.29) is 11.9 Å². The molecule has 4 rings (SSSR count). The number of amides is 3. The van der Waals surface area contributed by atoms with Crippen LogP contribution >= 0.6 is 0 Å². The van der Waals surface area contributed by atoms with E-state index in [2.05, 4.69) is 11.9 Å². The van der Waals surface area contributed by atoms with E-state index in [0.717, 1.165) is 0 Å². The first-order valence-corrected chi connectivity index (χ1v) is 9.52. The second-order valence-corrected chi connectivity index (χ2v) is 7.03. The van der Waals surface area contributed by atoms with Gasteiger partial charge in [-0.3, -0.25) is 9.69 Å². The molecular weight excluding hydrogens is 386 g/mol. The summed E-state index contributed by atoms with van der Waals surface area (Å²) in [4.78, 5) is 29.5. The molecule has 3 heterocycles. The molecule has 1 atom stereocenters. The maximum Gasteiger partial charge on any atom is 0.322 e. The molecule has 0 radical (unpaired) electrons. The maximum absolute atomic E-state index is 13.4. The van der Waals surface area contributed by atoms with Gasteiger partial charge >= 0.3 is 6.03 Å². The minimum absolute atomic E-state index is 0.151. The van der Waals surface area contributed by atoms with Crippen molar-refractivity contribution in [3.05, 3.63) is 71.8 Å². The number of hydrogen-bond donors (Lipinski definition) is 1. The Labute approximate surface area is 174 Å². The van der Waals surface area contributed by atoms with Crippen molar-refractivity contribution >= 4 is 11.9 Å². The zero-order valence-corrected chi connectivity index (χ0v) is 16.9. The Hall–Kier alpha value is -3.68. The number of carbonyl (C=O) groups excluding carboxylic acids is 2. The Morgan fingerprint density at radius 2 is 1.97 bits per heavy atom. The van der Waals surface area contributed by atoms with Gasteiger partial charge in [-0.25, -0.2) is 4.79 Å². The van der Waals surface area contributed by atoms with Crippen molar-refractivity contribution < 1.29 is 23.5 Å². The summed E-state index contributed by atoms with van der Waals surface area (Å²) in [5.41, 5.74) is 1.90. The van der Waals surface area contributed by atoms with Gasteiger partial charge in [-0.15, -0.1) is 6.58 Å². The fourth-order valence-corrected chi connectivity index (χ4v) is 3.84. The summed E-state index contributed by atoms with van der Waals surface area (Å²) in [6.45, 7) is 4.68. The number of benzene rings is 1. The van der Waals surface area contributed by atoms with E-state index in [1.807, 2.05) is 6.07 Å². The minimum Gasteiger partial charge on any atom is -0.497 e. The minimum atomic E-state index is -0.619. The maximum atomic E-state index is 13.4. The summed E-state index contributed by atoms with van der Waals surface area (Å²) in [6.07, 6.45) is 3.21. The molecule has 1 unspecified atom stereocenters. The van der Waals surface area contributed by atoms with Crippen molar-refractivity contribution in [3.8, 4) is 11.5 Å². The average molecular weight is 409 g/mol. The lowest BCUT2D eigenvalue weighted by Gasteiger charge is -2.33. The number of urea groups is 1. The molecule has 8 heteroatoms. The first kappa shape index (κ1) is 19.6. The quantitative estimate of drug-likeness (QED) is 0.711. The van der Waals surface area contributed by atoms with Crippen LogP contribution in [0.5, 0.6) is 11.5 Å². The van der Waals surface area contributed by atoms with Crippen molar-refractivity contribution in [1.82, 2.24) is 15.1 Å². The molecule has 0 bridgehead atoms. The van der Waals surface area contributed by atoms with E-state index in [1.54, 1.807) is 60.6 Å². The van der Waals surface area contributed by atoms with Crippen LogP contribution in [0.15, 0.2) is 64.9 Å². The predicted molar refractivity (Wildman–Crippen MR) is 109 cm³/mol. The third-order valence-electron chi connectivity index (χ3n) is 5.24. The third kappa shape index (κ3) is 3.41. The van der Waals surface area contributed by atoms with Crippen LogP contribution in [0.25, 0.3) is 0 Å². The van der Waals surface area contributed by atoms with Crippen LogP contribution in [0.4, 0.5) is 4.79 Å². The third-order valence-corrected chi connectivity index (χ3v) is 5.24. The van der Waals surface area contributed by atoms with Gasteiger partial charge in [0.1, 0.15) is 17.3 Å². The van der Waals surface area contributed by atoms with Gasteiger partial charge in [-0.1, -0.05) is 6.08 Å². The van der Waals surface area contributed by atoms with Crippen LogP contribution < -0.4 is 14.8 Å². The molecule has 1 aromatic heterocycles. The summed E-state index contributed by atoms with van der Waals surface area (Å²) < 4.78 is 16.1. The molecule has 0 fully saturated rings. The number of furan rings is 1. The number of hydrogen-bond acceptors (Lipinski definition) is 5. The number of ether oxygens (including phenoxy) is 2. The largest absolute Gasteiger partial charge is 0.497 e. The molecule has 1 N–H and O–H groups in total. The summed E-state index contributed by atoms with van der Waals surface area (Å²) in [6, 6.07) is 8.03. The second kappa shape index (κ2) is 7.98. The number of methoxy groups -OCH3 is 2. The Morgan fingerprint density at radius 3 is 2.57 bits per heavy atom. The molecule has 2 aliphatic heterocycles. The molecular formula is C22H23N3O5. The highest BCUT2D eigenvalue weighted by atomic mass is 16.5. The SMILES string of the molecule is C=CCN1C(=O)NC(c2cc(OC)cc(OC)c2)C2=C1CN(Cc1ccco1)C2=O. The number of carbonyl (C=O) groups is 2. The van der Waals surface area contributed by atoms with Crippen molar-refractivity contribution in [2.45, 2.75) is 12.6 Å². The van der Waals surface area contributed by atoms with Crippen molar-refractivity contribution in [1.29, 1.82) is 0 Å². The molecule has 0 saturated carbocycles. The van der Waals surface area contributed by atoms with Crippen LogP contribution in [0.1, 0.15) is 17.4 Å². The monoisotopic (exact) mass is 409 g/mol. The zero-order valence-electron chi connectivity index (χ0n) is 16.9. The average Bonchev–Trinajstić information content (AvgIpc) is 3.38. The van der Waals surface area contributed by atoms with E-state index >= 15 is 0 Å². The van der Waals surface area contributed by atoms with Gasteiger partial charge in [-0.2, -0.15) is 0 Å². The molecule has 0 spiro atoms. The van der Waals surface area contributed by atoms with Crippen molar-refractivity contribution in [2.24, 2.45) is 0 Å². The number of rotatable bonds is 7. The highest BCUT2D eigenvalue weighted by Crippen LogP contribution is 2.39. The lowest BCUT2D eigenvalue weighted by Crippen LogP contribution is -2.47. The van der Waals surface area contributed by atoms with Gasteiger partial charge < -0.3 is 24.1 Å². The lowest BCUT2D eigenvalue weighted by atomic mass is 9.95. The van der Waals surface area contributed by atoms with Gasteiger partial charge in [-0.05, 0) is 29.8 Å². The Bertz CT molecular complexity index is 990. The summed E-state index contributed by atoms with van der Waals surface area (Å²) in [7, 11) is 3.11. The van der Waals surface area contributed by atoms with Gasteiger partial charge in [0.15, 0.2) is 0 Å². The van der Waals surface area contributed by atoms with E-state index in [9.17, 15) is 9.59 Å². The van der Waals surface area contributed by atoms with Crippen LogP contribution in [0.2, 0.25) is 0 Å². The van der Waals surface area contributed by atoms with Crippen LogP contribution in [-0.4, -0.2) is 49.0 Å². The second-order valence-electron chi connectivity index (χ2n) is 7.03. The molecule has 0 saturated heterocycles. The first-order valence-electron chi connectivity index (χ1n) is 9.52. The molecule has 3 amide bonds. The van der Waals surface area contributed by atoms with E-state index in [1.165, 1.54) is 0 Å². The molecule has 2 aliphatic rings. The van der Waals surface area contributed by atoms with Crippen LogP contribution in [0.3, 0.4) is 0 Å². The molecule has 1 aromatic carbocycles. The zero-order chi connectivity index (χ0) is 21.3. The van der Waals surface area contributed by atoms with Crippen LogP contribution in [-0.2, 0) is 11.3 Å². The summed E-state index contributed by atoms with van der Waals surface area (Å²) in [5, 5.41) is 2.95. The fourth-order valence-electron chi connectivity index (χ4n) is 3.84. The summed E-state index contributed by atoms with van der Waals surface area (Å²) in [5.74, 6) is 1.68. The smallest absolute Gasteiger partial charge is 0.322 e. The Morgan fingerprint density at radius 1 is 1.23 bits per heavy atom. The molecule has 30 heavy (non-hydrogen) atoms. The highest BCUT2D eigenvalue weighted by molar-refractivity contribution is 6.01. The highest BCUT2D eigenvalue weighted by Gasteiger charge is 2.44. The molecule has 0 aliphatic carbocycles. The van der Waals surface area contributed by atoms with Gasteiger partial charge in [0.25, 0.3) is 5.91 Å².